The average Bonchev–Trinajstić information content (AvgIpc) is 3.02. The van der Waals surface area contributed by atoms with Crippen molar-refractivity contribution in [2.75, 3.05) is 0 Å². The van der Waals surface area contributed by atoms with E-state index < -0.39 is 0 Å². The van der Waals surface area contributed by atoms with Crippen molar-refractivity contribution in [2.45, 2.75) is 23.3 Å². The van der Waals surface area contributed by atoms with Crippen molar-refractivity contribution in [2.24, 2.45) is 0 Å². The first-order chi connectivity index (χ1) is 11.8. The molecule has 0 aliphatic carbocycles. The number of hydrogen-bond donors (Lipinski definition) is 0. The van der Waals surface area contributed by atoms with Crippen LogP contribution in [0.4, 0.5) is 0 Å². The molecule has 24 heavy (non-hydrogen) atoms. The van der Waals surface area contributed by atoms with Gasteiger partial charge >= 0.3 is 0 Å². The maximum Gasteiger partial charge on any atom is 0.127 e. The molecule has 0 spiro atoms. The Balaban J connectivity index is 1.67. The third kappa shape index (κ3) is 3.05. The number of rotatable bonds is 4. The molecule has 0 saturated heterocycles. The first-order valence-corrected chi connectivity index (χ1v) is 8.72. The minimum absolute atomic E-state index is 0.732. The number of hydrogen-bond acceptors (Lipinski definition) is 3. The van der Waals surface area contributed by atoms with Gasteiger partial charge < -0.3 is 0 Å². The van der Waals surface area contributed by atoms with Gasteiger partial charge in [-0.2, -0.15) is 0 Å². The zero-order valence-electron chi connectivity index (χ0n) is 13.4. The van der Waals surface area contributed by atoms with E-state index in [0.29, 0.717) is 0 Å². The van der Waals surface area contributed by atoms with Crippen LogP contribution in [0.1, 0.15) is 11.1 Å². The monoisotopic (exact) mass is 331 g/mol. The molecule has 0 aliphatic heterocycles. The van der Waals surface area contributed by atoms with Crippen molar-refractivity contribution < 1.29 is 0 Å². The Morgan fingerprint density at radius 1 is 0.875 bits per heavy atom. The quantitative estimate of drug-likeness (QED) is 0.531. The zero-order chi connectivity index (χ0) is 16.4. The van der Waals surface area contributed by atoms with Gasteiger partial charge in [0.25, 0.3) is 0 Å². The van der Waals surface area contributed by atoms with E-state index in [4.69, 9.17) is 0 Å². The molecule has 4 aromatic rings. The number of aryl methyl sites for hydroxylation is 1. The Kier molecular flexibility index (Phi) is 4.05. The Morgan fingerprint density at radius 2 is 1.67 bits per heavy atom. The summed E-state index contributed by atoms with van der Waals surface area (Å²) in [6.45, 7) is 2.83. The predicted octanol–water partition coefficient (Wildman–Crippen LogP) is 4.94. The van der Waals surface area contributed by atoms with E-state index >= 15 is 0 Å². The Morgan fingerprint density at radius 3 is 2.46 bits per heavy atom. The topological polar surface area (TPSA) is 30.7 Å². The van der Waals surface area contributed by atoms with E-state index in [1.807, 2.05) is 22.9 Å². The fraction of sp³-hybridized carbons (Fsp3) is 0.100. The summed E-state index contributed by atoms with van der Waals surface area (Å²) in [5.41, 5.74) is 4.52. The third-order valence-corrected chi connectivity index (χ3v) is 4.99. The van der Waals surface area contributed by atoms with Crippen LogP contribution in [0, 0.1) is 6.92 Å². The minimum atomic E-state index is 0.732. The van der Waals surface area contributed by atoms with E-state index in [1.54, 1.807) is 11.8 Å². The van der Waals surface area contributed by atoms with Crippen LogP contribution >= 0.6 is 11.8 Å². The molecule has 0 radical (unpaired) electrons. The molecule has 1 heterocycles. The molecule has 4 rings (SSSR count). The highest BCUT2D eigenvalue weighted by Crippen LogP contribution is 2.32. The molecule has 0 aliphatic rings. The summed E-state index contributed by atoms with van der Waals surface area (Å²) in [5.74, 6) is 0. The number of benzene rings is 3. The predicted molar refractivity (Wildman–Crippen MR) is 98.4 cm³/mol. The zero-order valence-corrected chi connectivity index (χ0v) is 14.2. The number of nitrogens with zero attached hydrogens (tertiary/aromatic N) is 3. The SMILES string of the molecule is Cc1ccc(Sc2cccc3c2nnn3Cc2ccccc2)cc1. The van der Waals surface area contributed by atoms with Gasteiger partial charge in [0, 0.05) is 9.79 Å². The van der Waals surface area contributed by atoms with Gasteiger partial charge in [-0.15, -0.1) is 5.10 Å². The Hall–Kier alpha value is -2.59. The summed E-state index contributed by atoms with van der Waals surface area (Å²) < 4.78 is 1.96. The lowest BCUT2D eigenvalue weighted by Gasteiger charge is -2.05. The summed E-state index contributed by atoms with van der Waals surface area (Å²) in [4.78, 5) is 2.35. The van der Waals surface area contributed by atoms with Gasteiger partial charge in [-0.05, 0) is 36.8 Å². The summed E-state index contributed by atoms with van der Waals surface area (Å²) in [6, 6.07) is 25.2. The van der Waals surface area contributed by atoms with Gasteiger partial charge in [0.2, 0.25) is 0 Å². The van der Waals surface area contributed by atoms with Gasteiger partial charge in [-0.3, -0.25) is 0 Å². The number of fused-ring (bicyclic) bond motifs is 1. The summed E-state index contributed by atoms with van der Waals surface area (Å²) in [6.07, 6.45) is 0. The van der Waals surface area contributed by atoms with Crippen molar-refractivity contribution in [3.05, 3.63) is 83.9 Å². The fourth-order valence-electron chi connectivity index (χ4n) is 2.66. The second-order valence-corrected chi connectivity index (χ2v) is 6.89. The summed E-state index contributed by atoms with van der Waals surface area (Å²) >= 11 is 1.73. The van der Waals surface area contributed by atoms with Crippen molar-refractivity contribution in [1.82, 2.24) is 15.0 Å². The first-order valence-electron chi connectivity index (χ1n) is 7.90. The maximum atomic E-state index is 4.42. The van der Waals surface area contributed by atoms with Gasteiger partial charge in [0.1, 0.15) is 5.52 Å². The van der Waals surface area contributed by atoms with E-state index in [2.05, 4.69) is 71.8 Å². The summed E-state index contributed by atoms with van der Waals surface area (Å²) in [5, 5.41) is 8.78. The third-order valence-electron chi connectivity index (χ3n) is 3.93. The molecule has 0 N–H and O–H groups in total. The standard InChI is InChI=1S/C20H17N3S/c1-15-10-12-17(13-11-15)24-19-9-5-8-18-20(19)21-22-23(18)14-16-6-3-2-4-7-16/h2-13H,14H2,1H3. The largest absolute Gasteiger partial charge is 0.240 e. The van der Waals surface area contributed by atoms with Gasteiger partial charge in [0.05, 0.1) is 12.1 Å². The second-order valence-electron chi connectivity index (χ2n) is 5.77. The molecule has 4 heteroatoms. The minimum Gasteiger partial charge on any atom is -0.240 e. The summed E-state index contributed by atoms with van der Waals surface area (Å²) in [7, 11) is 0. The molecule has 0 amide bonds. The van der Waals surface area contributed by atoms with Crippen LogP contribution in [-0.4, -0.2) is 15.0 Å². The van der Waals surface area contributed by atoms with Crippen LogP contribution in [0.15, 0.2) is 82.6 Å². The van der Waals surface area contributed by atoms with Crippen LogP contribution < -0.4 is 0 Å². The smallest absolute Gasteiger partial charge is 0.127 e. The molecule has 118 valence electrons. The van der Waals surface area contributed by atoms with Crippen molar-refractivity contribution >= 4 is 22.8 Å². The normalized spacial score (nSPS) is 11.0. The van der Waals surface area contributed by atoms with Gasteiger partial charge in [0.15, 0.2) is 0 Å². The lowest BCUT2D eigenvalue weighted by molar-refractivity contribution is 0.670. The molecule has 0 saturated carbocycles. The molecule has 1 aromatic heterocycles. The molecule has 0 fully saturated rings. The molecular formula is C20H17N3S. The van der Waals surface area contributed by atoms with Crippen LogP contribution in [0.25, 0.3) is 11.0 Å². The van der Waals surface area contributed by atoms with Gasteiger partial charge in [-0.25, -0.2) is 4.68 Å². The molecule has 0 bridgehead atoms. The van der Waals surface area contributed by atoms with Crippen molar-refractivity contribution in [3.8, 4) is 0 Å². The number of aromatic nitrogens is 3. The Bertz CT molecular complexity index is 959. The molecule has 3 aromatic carbocycles. The highest BCUT2D eigenvalue weighted by atomic mass is 32.2. The van der Waals surface area contributed by atoms with E-state index in [9.17, 15) is 0 Å². The highest BCUT2D eigenvalue weighted by Gasteiger charge is 2.10. The fourth-order valence-corrected chi connectivity index (χ4v) is 3.57. The van der Waals surface area contributed by atoms with E-state index in [0.717, 1.165) is 22.5 Å². The van der Waals surface area contributed by atoms with Crippen LogP contribution in [-0.2, 0) is 6.54 Å². The molecule has 3 nitrogen and oxygen atoms in total. The highest BCUT2D eigenvalue weighted by molar-refractivity contribution is 7.99. The molecule has 0 unspecified atom stereocenters. The average molecular weight is 331 g/mol. The van der Waals surface area contributed by atoms with E-state index in [-0.39, 0.29) is 0 Å². The molecule has 0 atom stereocenters. The molecular weight excluding hydrogens is 314 g/mol. The lowest BCUT2D eigenvalue weighted by atomic mass is 10.2. The van der Waals surface area contributed by atoms with Crippen molar-refractivity contribution in [1.29, 1.82) is 0 Å². The van der Waals surface area contributed by atoms with Crippen LogP contribution in [0.3, 0.4) is 0 Å². The van der Waals surface area contributed by atoms with Crippen LogP contribution in [0.2, 0.25) is 0 Å². The van der Waals surface area contributed by atoms with E-state index in [1.165, 1.54) is 16.0 Å². The maximum absolute atomic E-state index is 4.42. The van der Waals surface area contributed by atoms with Crippen LogP contribution in [0.5, 0.6) is 0 Å². The Labute approximate surface area is 145 Å². The second kappa shape index (κ2) is 6.49. The first kappa shape index (κ1) is 15.0. The lowest BCUT2D eigenvalue weighted by Crippen LogP contribution is -2.01. The van der Waals surface area contributed by atoms with Gasteiger partial charge in [-0.1, -0.05) is 71.1 Å². The van der Waals surface area contributed by atoms with Crippen molar-refractivity contribution in [3.63, 3.8) is 0 Å².